The van der Waals surface area contributed by atoms with Crippen molar-refractivity contribution in [1.29, 1.82) is 0 Å². The van der Waals surface area contributed by atoms with Gasteiger partial charge in [0.15, 0.2) is 0 Å². The number of aryl methyl sites for hydroxylation is 2. The Morgan fingerprint density at radius 3 is 2.53 bits per heavy atom. The minimum Gasteiger partial charge on any atom is -0.274 e. The molecule has 1 amide bonds. The Bertz CT molecular complexity index is 550. The standard InChI is InChI=1S/C14H21NO3S/c1-4-5-6-7-14(16)15-19(17,18)13-10-11(2)8-9-12(13)3/h8-10H,4-7H2,1-3H3,(H,15,16). The molecule has 1 aromatic rings. The zero-order valence-electron chi connectivity index (χ0n) is 11.7. The largest absolute Gasteiger partial charge is 0.274 e. The van der Waals surface area contributed by atoms with Gasteiger partial charge in [-0.3, -0.25) is 4.79 Å². The predicted molar refractivity (Wildman–Crippen MR) is 75.4 cm³/mol. The summed E-state index contributed by atoms with van der Waals surface area (Å²) in [6, 6.07) is 5.17. The maximum atomic E-state index is 12.1. The number of carbonyl (C=O) groups is 1. The summed E-state index contributed by atoms with van der Waals surface area (Å²) in [4.78, 5) is 11.8. The average molecular weight is 283 g/mol. The molecule has 1 aromatic carbocycles. The van der Waals surface area contributed by atoms with Gasteiger partial charge in [-0.1, -0.05) is 31.9 Å². The summed E-state index contributed by atoms with van der Waals surface area (Å²) < 4.78 is 26.4. The summed E-state index contributed by atoms with van der Waals surface area (Å²) in [5.74, 6) is -0.436. The lowest BCUT2D eigenvalue weighted by Crippen LogP contribution is -2.30. The molecule has 0 radical (unpaired) electrons. The van der Waals surface area contributed by atoms with Gasteiger partial charge >= 0.3 is 0 Å². The summed E-state index contributed by atoms with van der Waals surface area (Å²) in [6.45, 7) is 5.57. The van der Waals surface area contributed by atoms with Crippen molar-refractivity contribution in [2.45, 2.75) is 51.3 Å². The molecule has 0 spiro atoms. The molecule has 0 atom stereocenters. The highest BCUT2D eigenvalue weighted by molar-refractivity contribution is 7.90. The van der Waals surface area contributed by atoms with Crippen LogP contribution in [-0.4, -0.2) is 14.3 Å². The van der Waals surface area contributed by atoms with Gasteiger partial charge in [-0.05, 0) is 37.5 Å². The van der Waals surface area contributed by atoms with Crippen molar-refractivity contribution in [1.82, 2.24) is 4.72 Å². The fraction of sp³-hybridized carbons (Fsp3) is 0.500. The van der Waals surface area contributed by atoms with Gasteiger partial charge in [-0.25, -0.2) is 13.1 Å². The summed E-state index contributed by atoms with van der Waals surface area (Å²) in [6.07, 6.45) is 2.89. The zero-order chi connectivity index (χ0) is 14.5. The maximum absolute atomic E-state index is 12.1. The first-order valence-corrected chi connectivity index (χ1v) is 7.98. The van der Waals surface area contributed by atoms with Crippen molar-refractivity contribution in [3.8, 4) is 0 Å². The van der Waals surface area contributed by atoms with E-state index < -0.39 is 15.9 Å². The second-order valence-corrected chi connectivity index (χ2v) is 6.41. The second kappa shape index (κ2) is 6.70. The molecule has 0 bridgehead atoms. The molecule has 0 heterocycles. The highest BCUT2D eigenvalue weighted by Gasteiger charge is 2.19. The van der Waals surface area contributed by atoms with Crippen LogP contribution >= 0.6 is 0 Å². The molecule has 0 fully saturated rings. The van der Waals surface area contributed by atoms with Crippen LogP contribution in [-0.2, 0) is 14.8 Å². The Morgan fingerprint density at radius 2 is 1.89 bits per heavy atom. The van der Waals surface area contributed by atoms with Crippen molar-refractivity contribution in [2.24, 2.45) is 0 Å². The molecule has 0 aliphatic rings. The molecule has 106 valence electrons. The van der Waals surface area contributed by atoms with E-state index in [-0.39, 0.29) is 11.3 Å². The van der Waals surface area contributed by atoms with Crippen molar-refractivity contribution < 1.29 is 13.2 Å². The van der Waals surface area contributed by atoms with Crippen LogP contribution in [0.4, 0.5) is 0 Å². The molecule has 0 aliphatic heterocycles. The number of nitrogens with one attached hydrogen (secondary N) is 1. The van der Waals surface area contributed by atoms with E-state index in [1.165, 1.54) is 0 Å². The van der Waals surface area contributed by atoms with Crippen LogP contribution in [0.2, 0.25) is 0 Å². The quantitative estimate of drug-likeness (QED) is 0.816. The maximum Gasteiger partial charge on any atom is 0.264 e. The Balaban J connectivity index is 2.81. The van der Waals surface area contributed by atoms with Crippen LogP contribution in [0.1, 0.15) is 43.7 Å². The number of unbranched alkanes of at least 4 members (excludes halogenated alkanes) is 2. The van der Waals surface area contributed by atoms with Gasteiger partial charge in [0.25, 0.3) is 10.0 Å². The molecule has 4 nitrogen and oxygen atoms in total. The average Bonchev–Trinajstić information content (AvgIpc) is 2.32. The Labute approximate surface area is 115 Å². The topological polar surface area (TPSA) is 63.2 Å². The molecule has 5 heteroatoms. The van der Waals surface area contributed by atoms with Crippen molar-refractivity contribution in [2.75, 3.05) is 0 Å². The fourth-order valence-electron chi connectivity index (χ4n) is 1.79. The van der Waals surface area contributed by atoms with Crippen LogP contribution in [0.25, 0.3) is 0 Å². The second-order valence-electron chi connectivity index (χ2n) is 4.75. The van der Waals surface area contributed by atoms with Gasteiger partial charge in [0, 0.05) is 6.42 Å². The number of rotatable bonds is 6. The van der Waals surface area contributed by atoms with E-state index in [0.29, 0.717) is 12.0 Å². The SMILES string of the molecule is CCCCCC(=O)NS(=O)(=O)c1cc(C)ccc1C. The smallest absolute Gasteiger partial charge is 0.264 e. The summed E-state index contributed by atoms with van der Waals surface area (Å²) in [5.41, 5.74) is 1.49. The van der Waals surface area contributed by atoms with Crippen LogP contribution in [0, 0.1) is 13.8 Å². The van der Waals surface area contributed by atoms with Gasteiger partial charge in [0.2, 0.25) is 5.91 Å². The molecule has 1 rings (SSSR count). The van der Waals surface area contributed by atoms with E-state index >= 15 is 0 Å². The fourth-order valence-corrected chi connectivity index (χ4v) is 3.13. The van der Waals surface area contributed by atoms with Gasteiger partial charge in [0.1, 0.15) is 0 Å². The van der Waals surface area contributed by atoms with Crippen LogP contribution < -0.4 is 4.72 Å². The molecule has 0 saturated carbocycles. The Hall–Kier alpha value is -1.36. The Morgan fingerprint density at radius 1 is 1.21 bits per heavy atom. The minimum absolute atomic E-state index is 0.177. The molecular formula is C14H21NO3S. The van der Waals surface area contributed by atoms with E-state index in [1.54, 1.807) is 19.1 Å². The van der Waals surface area contributed by atoms with Crippen LogP contribution in [0.5, 0.6) is 0 Å². The number of sulfonamides is 1. The Kier molecular flexibility index (Phi) is 5.54. The number of hydrogen-bond donors (Lipinski definition) is 1. The van der Waals surface area contributed by atoms with Crippen LogP contribution in [0.15, 0.2) is 23.1 Å². The normalized spacial score (nSPS) is 11.3. The highest BCUT2D eigenvalue weighted by Crippen LogP contribution is 2.16. The van der Waals surface area contributed by atoms with Gasteiger partial charge in [-0.2, -0.15) is 0 Å². The lowest BCUT2D eigenvalue weighted by molar-refractivity contribution is -0.119. The van der Waals surface area contributed by atoms with E-state index in [1.807, 2.05) is 19.9 Å². The van der Waals surface area contributed by atoms with E-state index in [0.717, 1.165) is 18.4 Å². The third kappa shape index (κ3) is 4.67. The van der Waals surface area contributed by atoms with Crippen molar-refractivity contribution in [3.05, 3.63) is 29.3 Å². The first kappa shape index (κ1) is 15.7. The lowest BCUT2D eigenvalue weighted by Gasteiger charge is -2.10. The van der Waals surface area contributed by atoms with Crippen molar-refractivity contribution in [3.63, 3.8) is 0 Å². The van der Waals surface area contributed by atoms with E-state index in [4.69, 9.17) is 0 Å². The minimum atomic E-state index is -3.75. The molecule has 1 N–H and O–H groups in total. The summed E-state index contributed by atoms with van der Waals surface area (Å²) in [5, 5.41) is 0. The summed E-state index contributed by atoms with van der Waals surface area (Å²) >= 11 is 0. The predicted octanol–water partition coefficient (Wildman–Crippen LogP) is 2.69. The van der Waals surface area contributed by atoms with Crippen molar-refractivity contribution >= 4 is 15.9 Å². The third-order valence-electron chi connectivity index (χ3n) is 2.89. The lowest BCUT2D eigenvalue weighted by atomic mass is 10.2. The molecule has 0 aromatic heterocycles. The van der Waals surface area contributed by atoms with Gasteiger partial charge < -0.3 is 0 Å². The molecule has 0 unspecified atom stereocenters. The summed E-state index contributed by atoms with van der Waals surface area (Å²) in [7, 11) is -3.75. The number of carbonyl (C=O) groups excluding carboxylic acids is 1. The number of amides is 1. The monoisotopic (exact) mass is 283 g/mol. The molecular weight excluding hydrogens is 262 g/mol. The zero-order valence-corrected chi connectivity index (χ0v) is 12.5. The highest BCUT2D eigenvalue weighted by atomic mass is 32.2. The number of benzene rings is 1. The van der Waals surface area contributed by atoms with E-state index in [9.17, 15) is 13.2 Å². The molecule has 0 aliphatic carbocycles. The van der Waals surface area contributed by atoms with Gasteiger partial charge in [-0.15, -0.1) is 0 Å². The first-order valence-electron chi connectivity index (χ1n) is 6.49. The molecule has 0 saturated heterocycles. The van der Waals surface area contributed by atoms with Gasteiger partial charge in [0.05, 0.1) is 4.90 Å². The number of hydrogen-bond acceptors (Lipinski definition) is 3. The van der Waals surface area contributed by atoms with Crippen LogP contribution in [0.3, 0.4) is 0 Å². The van der Waals surface area contributed by atoms with E-state index in [2.05, 4.69) is 4.72 Å². The molecule has 19 heavy (non-hydrogen) atoms. The third-order valence-corrected chi connectivity index (χ3v) is 4.40. The first-order chi connectivity index (χ1) is 8.86.